The molecule has 3 aromatic rings. The summed E-state index contributed by atoms with van der Waals surface area (Å²) in [5.41, 5.74) is -2.09. The quantitative estimate of drug-likeness (QED) is 0.372. The number of sulfonamides is 1. The maximum atomic E-state index is 12.6. The molecule has 0 bridgehead atoms. The SMILES string of the molecule is CS(=O)(=O)Nc1nc2cc(S(=O)(=O)c3ncc[nH]3)c([N+](=O)[O-])cc2[nH]c1=O. The van der Waals surface area contributed by atoms with E-state index in [1.807, 2.05) is 4.72 Å². The third-order valence-corrected chi connectivity index (χ3v) is 5.47. The van der Waals surface area contributed by atoms with Crippen LogP contribution in [0.5, 0.6) is 0 Å². The highest BCUT2D eigenvalue weighted by atomic mass is 32.2. The van der Waals surface area contributed by atoms with Gasteiger partial charge in [0.2, 0.25) is 30.8 Å². The molecule has 142 valence electrons. The van der Waals surface area contributed by atoms with Gasteiger partial charge in [-0.2, -0.15) is 0 Å². The number of imidazole rings is 1. The first-order valence-electron chi connectivity index (χ1n) is 6.94. The van der Waals surface area contributed by atoms with E-state index in [1.54, 1.807) is 0 Å². The van der Waals surface area contributed by atoms with E-state index in [4.69, 9.17) is 0 Å². The molecule has 0 aliphatic rings. The normalized spacial score (nSPS) is 12.2. The van der Waals surface area contributed by atoms with Gasteiger partial charge in [-0.15, -0.1) is 0 Å². The summed E-state index contributed by atoms with van der Waals surface area (Å²) in [7, 11) is -8.24. The highest BCUT2D eigenvalue weighted by Crippen LogP contribution is 2.31. The van der Waals surface area contributed by atoms with E-state index >= 15 is 0 Å². The van der Waals surface area contributed by atoms with Crippen LogP contribution in [0.25, 0.3) is 11.0 Å². The number of rotatable bonds is 5. The molecule has 27 heavy (non-hydrogen) atoms. The molecule has 3 rings (SSSR count). The highest BCUT2D eigenvalue weighted by molar-refractivity contribution is 7.92. The van der Waals surface area contributed by atoms with E-state index in [-0.39, 0.29) is 11.0 Å². The lowest BCUT2D eigenvalue weighted by molar-refractivity contribution is -0.387. The van der Waals surface area contributed by atoms with E-state index < -0.39 is 51.9 Å². The number of hydrogen-bond donors (Lipinski definition) is 3. The molecule has 0 unspecified atom stereocenters. The molecule has 13 nitrogen and oxygen atoms in total. The van der Waals surface area contributed by atoms with E-state index in [9.17, 15) is 31.7 Å². The van der Waals surface area contributed by atoms with Crippen LogP contribution in [0, 0.1) is 10.1 Å². The number of benzene rings is 1. The molecular weight excluding hydrogens is 404 g/mol. The fourth-order valence-corrected chi connectivity index (χ4v) is 4.00. The van der Waals surface area contributed by atoms with Crippen molar-refractivity contribution in [3.8, 4) is 0 Å². The minimum absolute atomic E-state index is 0.149. The Bertz CT molecular complexity index is 1330. The Kier molecular flexibility index (Phi) is 4.19. The summed E-state index contributed by atoms with van der Waals surface area (Å²) in [5.74, 6) is -0.611. The Morgan fingerprint density at radius 1 is 1.22 bits per heavy atom. The molecule has 0 radical (unpaired) electrons. The number of nitro groups is 1. The van der Waals surface area contributed by atoms with Gasteiger partial charge in [-0.25, -0.2) is 26.8 Å². The number of sulfone groups is 1. The van der Waals surface area contributed by atoms with Crippen molar-refractivity contribution < 1.29 is 21.8 Å². The number of aromatic amines is 2. The van der Waals surface area contributed by atoms with Crippen LogP contribution in [-0.2, 0) is 19.9 Å². The lowest BCUT2D eigenvalue weighted by Crippen LogP contribution is -2.20. The lowest BCUT2D eigenvalue weighted by atomic mass is 10.2. The van der Waals surface area contributed by atoms with Crippen molar-refractivity contribution >= 4 is 42.4 Å². The molecule has 0 aliphatic heterocycles. The van der Waals surface area contributed by atoms with Gasteiger partial charge in [-0.05, 0) is 6.07 Å². The van der Waals surface area contributed by atoms with Crippen LogP contribution in [0.1, 0.15) is 0 Å². The molecule has 0 spiro atoms. The topological polar surface area (TPSA) is 198 Å². The molecule has 2 heterocycles. The first kappa shape index (κ1) is 18.5. The minimum Gasteiger partial charge on any atom is -0.335 e. The summed E-state index contributed by atoms with van der Waals surface area (Å²) in [4.78, 5) is 33.5. The Hall–Kier alpha value is -3.33. The summed E-state index contributed by atoms with van der Waals surface area (Å²) in [5, 5.41) is 10.8. The zero-order valence-corrected chi connectivity index (χ0v) is 15.0. The molecule has 0 saturated carbocycles. The zero-order chi connectivity index (χ0) is 20.0. The number of nitrogens with zero attached hydrogens (tertiary/aromatic N) is 3. The zero-order valence-electron chi connectivity index (χ0n) is 13.3. The summed E-state index contributed by atoms with van der Waals surface area (Å²) in [6, 6.07) is 1.68. The van der Waals surface area contributed by atoms with Crippen molar-refractivity contribution in [2.24, 2.45) is 0 Å². The number of fused-ring (bicyclic) bond motifs is 1. The van der Waals surface area contributed by atoms with Gasteiger partial charge < -0.3 is 9.97 Å². The maximum Gasteiger partial charge on any atom is 0.292 e. The van der Waals surface area contributed by atoms with E-state index in [2.05, 4.69) is 19.9 Å². The molecule has 0 amide bonds. The number of aromatic nitrogens is 4. The molecule has 0 fully saturated rings. The van der Waals surface area contributed by atoms with Crippen LogP contribution < -0.4 is 10.3 Å². The monoisotopic (exact) mass is 414 g/mol. The Morgan fingerprint density at radius 3 is 2.48 bits per heavy atom. The molecule has 1 aromatic carbocycles. The van der Waals surface area contributed by atoms with E-state index in [1.165, 1.54) is 6.20 Å². The number of hydrogen-bond acceptors (Lipinski definition) is 9. The van der Waals surface area contributed by atoms with Gasteiger partial charge in [-0.3, -0.25) is 19.6 Å². The smallest absolute Gasteiger partial charge is 0.292 e. The third kappa shape index (κ3) is 3.49. The highest BCUT2D eigenvalue weighted by Gasteiger charge is 2.31. The van der Waals surface area contributed by atoms with Gasteiger partial charge >= 0.3 is 0 Å². The molecule has 0 saturated heterocycles. The van der Waals surface area contributed by atoms with Gasteiger partial charge in [0.1, 0.15) is 0 Å². The van der Waals surface area contributed by atoms with E-state index in [0.29, 0.717) is 0 Å². The van der Waals surface area contributed by atoms with Crippen molar-refractivity contribution in [3.63, 3.8) is 0 Å². The molecule has 0 aliphatic carbocycles. The predicted octanol–water partition coefficient (Wildman–Crippen LogP) is -0.241. The van der Waals surface area contributed by atoms with Crippen LogP contribution in [0.2, 0.25) is 0 Å². The number of nitro benzene ring substituents is 1. The van der Waals surface area contributed by atoms with Gasteiger partial charge in [-0.1, -0.05) is 0 Å². The Balaban J connectivity index is 2.33. The van der Waals surface area contributed by atoms with Crippen LogP contribution in [-0.4, -0.2) is 48.0 Å². The second-order valence-electron chi connectivity index (χ2n) is 5.28. The summed E-state index contributed by atoms with van der Waals surface area (Å²) in [6.45, 7) is 0. The van der Waals surface area contributed by atoms with Crippen molar-refractivity contribution in [1.29, 1.82) is 0 Å². The first-order valence-corrected chi connectivity index (χ1v) is 10.3. The van der Waals surface area contributed by atoms with Gasteiger partial charge in [0.25, 0.3) is 11.2 Å². The van der Waals surface area contributed by atoms with Crippen LogP contribution in [0.4, 0.5) is 11.5 Å². The second-order valence-corrected chi connectivity index (χ2v) is 8.86. The summed E-state index contributed by atoms with van der Waals surface area (Å²) in [6.07, 6.45) is 3.17. The van der Waals surface area contributed by atoms with Gasteiger partial charge in [0.15, 0.2) is 4.90 Å². The summed E-state index contributed by atoms with van der Waals surface area (Å²) < 4.78 is 49.8. The molecule has 0 atom stereocenters. The number of anilines is 1. The van der Waals surface area contributed by atoms with Crippen molar-refractivity contribution in [1.82, 2.24) is 19.9 Å². The first-order chi connectivity index (χ1) is 12.5. The Labute approximate surface area is 150 Å². The number of H-pyrrole nitrogens is 2. The standard InChI is InChI=1S/C12H10N6O7S2/c1-26(22,23)17-10-11(19)16-6-4-8(18(20)21)9(5-7(6)15-10)27(24,25)12-13-2-3-14-12/h2-5H,1H3,(H,13,14)(H,15,17)(H,16,19). The minimum atomic E-state index is -4.40. The largest absolute Gasteiger partial charge is 0.335 e. The molecule has 15 heteroatoms. The lowest BCUT2D eigenvalue weighted by Gasteiger charge is -2.07. The van der Waals surface area contributed by atoms with Crippen molar-refractivity contribution in [2.45, 2.75) is 10.1 Å². The second kappa shape index (κ2) is 6.13. The van der Waals surface area contributed by atoms with E-state index in [0.717, 1.165) is 24.6 Å². The molecular formula is C12H10N6O7S2. The molecule has 3 N–H and O–H groups in total. The van der Waals surface area contributed by atoms with Gasteiger partial charge in [0, 0.05) is 18.5 Å². The van der Waals surface area contributed by atoms with Crippen molar-refractivity contribution in [3.05, 3.63) is 45.0 Å². The van der Waals surface area contributed by atoms with Crippen LogP contribution >= 0.6 is 0 Å². The van der Waals surface area contributed by atoms with Crippen LogP contribution in [0.15, 0.2) is 39.4 Å². The maximum absolute atomic E-state index is 12.6. The number of nitrogens with one attached hydrogen (secondary N) is 3. The average molecular weight is 414 g/mol. The molecule has 2 aromatic heterocycles. The Morgan fingerprint density at radius 2 is 1.93 bits per heavy atom. The summed E-state index contributed by atoms with van der Waals surface area (Å²) >= 11 is 0. The fourth-order valence-electron chi connectivity index (χ4n) is 2.21. The average Bonchev–Trinajstić information content (AvgIpc) is 3.08. The van der Waals surface area contributed by atoms with Gasteiger partial charge in [0.05, 0.1) is 22.2 Å². The van der Waals surface area contributed by atoms with Crippen LogP contribution in [0.3, 0.4) is 0 Å². The van der Waals surface area contributed by atoms with Crippen molar-refractivity contribution in [2.75, 3.05) is 11.0 Å². The third-order valence-electron chi connectivity index (χ3n) is 3.27. The predicted molar refractivity (Wildman–Crippen MR) is 91.5 cm³/mol. The fraction of sp³-hybridized carbons (Fsp3) is 0.0833.